The molecule has 0 atom stereocenters. The van der Waals surface area contributed by atoms with E-state index in [-0.39, 0.29) is 17.4 Å². The lowest BCUT2D eigenvalue weighted by Gasteiger charge is -2.17. The highest BCUT2D eigenvalue weighted by Crippen LogP contribution is 2.28. The number of fused-ring (bicyclic) bond motifs is 1. The molecule has 2 heterocycles. The van der Waals surface area contributed by atoms with Gasteiger partial charge in [0.1, 0.15) is 10.9 Å². The molecule has 3 rings (SSSR count). The van der Waals surface area contributed by atoms with Gasteiger partial charge in [-0.1, -0.05) is 44.1 Å². The number of carbonyl (C=O) groups excluding carboxylic acids is 2. The van der Waals surface area contributed by atoms with Gasteiger partial charge in [-0.05, 0) is 37.3 Å². The summed E-state index contributed by atoms with van der Waals surface area (Å²) in [4.78, 5) is 35.2. The van der Waals surface area contributed by atoms with E-state index in [9.17, 15) is 9.59 Å². The van der Waals surface area contributed by atoms with Crippen molar-refractivity contribution in [3.8, 4) is 0 Å². The molecular formula is C21H22ClN3O2S2. The quantitative estimate of drug-likeness (QED) is 0.315. The Bertz CT molecular complexity index is 1070. The zero-order chi connectivity index (χ0) is 21.2. The van der Waals surface area contributed by atoms with Crippen molar-refractivity contribution in [2.75, 3.05) is 5.75 Å². The van der Waals surface area contributed by atoms with Gasteiger partial charge in [0, 0.05) is 20.7 Å². The maximum absolute atomic E-state index is 12.6. The third kappa shape index (κ3) is 5.56. The van der Waals surface area contributed by atoms with Gasteiger partial charge in [-0.3, -0.25) is 9.59 Å². The molecule has 1 amide bonds. The summed E-state index contributed by atoms with van der Waals surface area (Å²) in [6, 6.07) is 9.18. The molecule has 1 N–H and O–H groups in total. The minimum absolute atomic E-state index is 0.0135. The van der Waals surface area contributed by atoms with Crippen molar-refractivity contribution < 1.29 is 9.59 Å². The van der Waals surface area contributed by atoms with Crippen LogP contribution < -0.4 is 5.32 Å². The topological polar surface area (TPSA) is 72.0 Å². The molecular weight excluding hydrogens is 426 g/mol. The predicted molar refractivity (Wildman–Crippen MR) is 120 cm³/mol. The molecule has 2 aromatic heterocycles. The smallest absolute Gasteiger partial charge is 0.225 e. The normalized spacial score (nSPS) is 11.6. The van der Waals surface area contributed by atoms with E-state index in [2.05, 4.69) is 15.3 Å². The number of rotatable bonds is 6. The molecule has 0 fully saturated rings. The van der Waals surface area contributed by atoms with Gasteiger partial charge < -0.3 is 5.32 Å². The van der Waals surface area contributed by atoms with Crippen LogP contribution in [0.15, 0.2) is 35.4 Å². The molecule has 29 heavy (non-hydrogen) atoms. The second-order valence-electron chi connectivity index (χ2n) is 7.65. The van der Waals surface area contributed by atoms with Gasteiger partial charge in [0.25, 0.3) is 0 Å². The Morgan fingerprint density at radius 3 is 2.66 bits per heavy atom. The zero-order valence-electron chi connectivity index (χ0n) is 16.7. The summed E-state index contributed by atoms with van der Waals surface area (Å²) in [5, 5.41) is 5.18. The maximum atomic E-state index is 12.6. The summed E-state index contributed by atoms with van der Waals surface area (Å²) in [6.07, 6.45) is 0. The minimum Gasteiger partial charge on any atom is -0.351 e. The van der Waals surface area contributed by atoms with Crippen LogP contribution in [0.4, 0.5) is 0 Å². The van der Waals surface area contributed by atoms with Gasteiger partial charge >= 0.3 is 0 Å². The number of halogens is 1. The van der Waals surface area contributed by atoms with Crippen LogP contribution in [0.3, 0.4) is 0 Å². The fourth-order valence-electron chi connectivity index (χ4n) is 2.56. The first kappa shape index (κ1) is 21.7. The third-order valence-electron chi connectivity index (χ3n) is 4.12. The molecule has 0 bridgehead atoms. The molecule has 0 aliphatic rings. The molecule has 0 radical (unpaired) electrons. The van der Waals surface area contributed by atoms with E-state index in [0.717, 1.165) is 20.8 Å². The average molecular weight is 448 g/mol. The number of nitrogens with zero attached hydrogens (tertiary/aromatic N) is 2. The van der Waals surface area contributed by atoms with Crippen molar-refractivity contribution in [3.63, 3.8) is 0 Å². The number of Topliss-reactive ketones (excluding diaryl/α,β-unsaturated/α-hetero) is 1. The van der Waals surface area contributed by atoms with Gasteiger partial charge in [0.2, 0.25) is 5.91 Å². The fourth-order valence-corrected chi connectivity index (χ4v) is 4.65. The van der Waals surface area contributed by atoms with E-state index < -0.39 is 5.41 Å². The Hall–Kier alpha value is -1.96. The van der Waals surface area contributed by atoms with Gasteiger partial charge in [0.15, 0.2) is 5.78 Å². The van der Waals surface area contributed by atoms with Crippen LogP contribution in [0.5, 0.6) is 0 Å². The number of amides is 1. The van der Waals surface area contributed by atoms with Crippen molar-refractivity contribution in [1.82, 2.24) is 15.3 Å². The fraction of sp³-hybridized carbons (Fsp3) is 0.333. The van der Waals surface area contributed by atoms with Crippen LogP contribution in [0, 0.1) is 12.3 Å². The van der Waals surface area contributed by atoms with E-state index in [1.54, 1.807) is 12.1 Å². The first-order chi connectivity index (χ1) is 13.6. The highest BCUT2D eigenvalue weighted by molar-refractivity contribution is 8.00. The number of aromatic nitrogens is 2. The van der Waals surface area contributed by atoms with Crippen LogP contribution in [-0.4, -0.2) is 27.4 Å². The molecule has 5 nitrogen and oxygen atoms in total. The molecule has 3 aromatic rings. The standard InChI is InChI=1S/C21H22ClN3O2S2/c1-12-24-16-9-13(22)5-7-15(16)19(25-12)28-11-17(26)18-8-6-14(29-18)10-23-20(27)21(2,3)4/h5-9H,10-11H2,1-4H3,(H,23,27). The van der Waals surface area contributed by atoms with E-state index in [1.165, 1.54) is 23.1 Å². The number of carbonyl (C=O) groups is 2. The van der Waals surface area contributed by atoms with Crippen molar-refractivity contribution >= 4 is 57.3 Å². The van der Waals surface area contributed by atoms with E-state index in [4.69, 9.17) is 11.6 Å². The Labute approximate surface area is 183 Å². The van der Waals surface area contributed by atoms with Crippen molar-refractivity contribution in [2.45, 2.75) is 39.3 Å². The highest BCUT2D eigenvalue weighted by atomic mass is 35.5. The number of ketones is 1. The molecule has 8 heteroatoms. The van der Waals surface area contributed by atoms with Crippen molar-refractivity contribution in [2.24, 2.45) is 5.41 Å². The number of thiophene rings is 1. The number of aryl methyl sites for hydroxylation is 1. The molecule has 0 unspecified atom stereocenters. The van der Waals surface area contributed by atoms with Gasteiger partial charge in [-0.2, -0.15) is 0 Å². The Morgan fingerprint density at radius 2 is 1.93 bits per heavy atom. The van der Waals surface area contributed by atoms with Crippen LogP contribution in [0.25, 0.3) is 10.9 Å². The molecule has 1 aromatic carbocycles. The lowest BCUT2D eigenvalue weighted by molar-refractivity contribution is -0.128. The summed E-state index contributed by atoms with van der Waals surface area (Å²) in [6.45, 7) is 7.86. The maximum Gasteiger partial charge on any atom is 0.225 e. The second-order valence-corrected chi connectivity index (χ2v) is 10.2. The number of hydrogen-bond acceptors (Lipinski definition) is 6. The number of thioether (sulfide) groups is 1. The van der Waals surface area contributed by atoms with E-state index in [0.29, 0.717) is 22.3 Å². The zero-order valence-corrected chi connectivity index (χ0v) is 19.1. The van der Waals surface area contributed by atoms with Gasteiger partial charge in [-0.15, -0.1) is 11.3 Å². The SMILES string of the molecule is Cc1nc(SCC(=O)c2ccc(CNC(=O)C(C)(C)C)s2)c2ccc(Cl)cc2n1. The Morgan fingerprint density at radius 1 is 1.17 bits per heavy atom. The Balaban J connectivity index is 1.65. The average Bonchev–Trinajstić information content (AvgIpc) is 3.11. The number of nitrogens with one attached hydrogen (secondary N) is 1. The van der Waals surface area contributed by atoms with E-state index in [1.807, 2.05) is 45.9 Å². The van der Waals surface area contributed by atoms with Crippen molar-refractivity contribution in [1.29, 1.82) is 0 Å². The summed E-state index contributed by atoms with van der Waals surface area (Å²) >= 11 is 8.86. The summed E-state index contributed by atoms with van der Waals surface area (Å²) in [5.74, 6) is 0.942. The number of hydrogen-bond donors (Lipinski definition) is 1. The second kappa shape index (κ2) is 8.81. The van der Waals surface area contributed by atoms with Gasteiger partial charge in [-0.25, -0.2) is 9.97 Å². The van der Waals surface area contributed by atoms with Crippen LogP contribution in [0.1, 0.15) is 41.1 Å². The minimum atomic E-state index is -0.435. The summed E-state index contributed by atoms with van der Waals surface area (Å²) < 4.78 is 0. The van der Waals surface area contributed by atoms with Gasteiger partial charge in [0.05, 0.1) is 22.7 Å². The Kier molecular flexibility index (Phi) is 6.61. The lowest BCUT2D eigenvalue weighted by Crippen LogP contribution is -2.34. The van der Waals surface area contributed by atoms with E-state index >= 15 is 0 Å². The van der Waals surface area contributed by atoms with Crippen molar-refractivity contribution in [3.05, 3.63) is 50.9 Å². The predicted octanol–water partition coefficient (Wildman–Crippen LogP) is 5.29. The molecule has 152 valence electrons. The summed E-state index contributed by atoms with van der Waals surface area (Å²) in [5.41, 5.74) is 0.336. The molecule has 0 spiro atoms. The lowest BCUT2D eigenvalue weighted by atomic mass is 9.96. The van der Waals surface area contributed by atoms with Crippen LogP contribution in [0.2, 0.25) is 5.02 Å². The first-order valence-corrected chi connectivity index (χ1v) is 11.3. The molecule has 0 saturated carbocycles. The monoisotopic (exact) mass is 447 g/mol. The van der Waals surface area contributed by atoms with Crippen LogP contribution in [-0.2, 0) is 11.3 Å². The highest BCUT2D eigenvalue weighted by Gasteiger charge is 2.21. The molecule has 0 saturated heterocycles. The van der Waals surface area contributed by atoms with Crippen LogP contribution >= 0.6 is 34.7 Å². The number of benzene rings is 1. The third-order valence-corrected chi connectivity index (χ3v) is 6.47. The summed E-state index contributed by atoms with van der Waals surface area (Å²) in [7, 11) is 0. The largest absolute Gasteiger partial charge is 0.351 e. The first-order valence-electron chi connectivity index (χ1n) is 9.10. The molecule has 0 aliphatic heterocycles. The molecule has 0 aliphatic carbocycles.